The first-order chi connectivity index (χ1) is 13.2. The molecule has 1 saturated heterocycles. The Bertz CT molecular complexity index is 902. The summed E-state index contributed by atoms with van der Waals surface area (Å²) in [5.74, 6) is 0.982. The van der Waals surface area contributed by atoms with Crippen LogP contribution in [-0.4, -0.2) is 33.6 Å². The van der Waals surface area contributed by atoms with E-state index < -0.39 is 0 Å². The second-order valence-corrected chi connectivity index (χ2v) is 7.53. The van der Waals surface area contributed by atoms with Crippen molar-refractivity contribution in [3.8, 4) is 11.3 Å². The number of hydrogen-bond acceptors (Lipinski definition) is 6. The molecule has 1 N–H and O–H groups in total. The summed E-state index contributed by atoms with van der Waals surface area (Å²) >= 11 is 1.33. The number of aryl methyl sites for hydroxylation is 1. The summed E-state index contributed by atoms with van der Waals surface area (Å²) in [6.07, 6.45) is 1.62. The van der Waals surface area contributed by atoms with E-state index >= 15 is 0 Å². The average molecular weight is 379 g/mol. The maximum atomic E-state index is 12.4. The highest BCUT2D eigenvalue weighted by Crippen LogP contribution is 2.25. The molecular formula is C20H21N5OS. The van der Waals surface area contributed by atoms with Crippen molar-refractivity contribution in [3.63, 3.8) is 0 Å². The number of amides is 1. The first kappa shape index (κ1) is 17.6. The number of benzene rings is 1. The molecule has 0 saturated carbocycles. The molecule has 0 unspecified atom stereocenters. The number of carbonyl (C=O) groups is 1. The fourth-order valence-electron chi connectivity index (χ4n) is 3.27. The smallest absolute Gasteiger partial charge is 0.228 e. The van der Waals surface area contributed by atoms with Crippen molar-refractivity contribution in [1.29, 1.82) is 0 Å². The van der Waals surface area contributed by atoms with Crippen LogP contribution in [0.2, 0.25) is 0 Å². The molecule has 6 nitrogen and oxygen atoms in total. The van der Waals surface area contributed by atoms with Crippen molar-refractivity contribution in [1.82, 2.24) is 14.6 Å². The van der Waals surface area contributed by atoms with Crippen LogP contribution in [0.5, 0.6) is 0 Å². The van der Waals surface area contributed by atoms with Gasteiger partial charge in [-0.25, -0.2) is 0 Å². The molecule has 1 amide bonds. The molecule has 1 aliphatic heterocycles. The van der Waals surface area contributed by atoms with Crippen molar-refractivity contribution < 1.29 is 4.79 Å². The van der Waals surface area contributed by atoms with E-state index in [1.54, 1.807) is 0 Å². The second-order valence-electron chi connectivity index (χ2n) is 6.73. The quantitative estimate of drug-likeness (QED) is 0.747. The molecule has 0 bridgehead atoms. The van der Waals surface area contributed by atoms with Gasteiger partial charge < -0.3 is 10.2 Å². The van der Waals surface area contributed by atoms with Gasteiger partial charge in [0.05, 0.1) is 11.4 Å². The number of nitrogens with zero attached hydrogens (tertiary/aromatic N) is 4. The summed E-state index contributed by atoms with van der Waals surface area (Å²) in [5, 5.41) is 12.6. The second kappa shape index (κ2) is 7.84. The molecule has 3 heterocycles. The van der Waals surface area contributed by atoms with Gasteiger partial charge in [0, 0.05) is 24.6 Å². The molecule has 4 rings (SSSR count). The zero-order chi connectivity index (χ0) is 18.6. The van der Waals surface area contributed by atoms with Gasteiger partial charge in [0.15, 0.2) is 5.82 Å². The molecule has 7 heteroatoms. The molecule has 0 spiro atoms. The Kier molecular flexibility index (Phi) is 5.11. The van der Waals surface area contributed by atoms with Gasteiger partial charge in [-0.3, -0.25) is 4.79 Å². The largest absolute Gasteiger partial charge is 0.355 e. The van der Waals surface area contributed by atoms with Gasteiger partial charge in [0.1, 0.15) is 5.00 Å². The van der Waals surface area contributed by atoms with Crippen LogP contribution in [0.15, 0.2) is 48.5 Å². The number of nitrogens with one attached hydrogen (secondary N) is 1. The topological polar surface area (TPSA) is 71.0 Å². The zero-order valence-electron chi connectivity index (χ0n) is 15.1. The van der Waals surface area contributed by atoms with Gasteiger partial charge in [-0.1, -0.05) is 30.3 Å². The van der Waals surface area contributed by atoms with Gasteiger partial charge in [-0.15, -0.1) is 10.2 Å². The molecule has 0 aliphatic carbocycles. The third kappa shape index (κ3) is 4.14. The minimum absolute atomic E-state index is 0.0280. The van der Waals surface area contributed by atoms with Crippen LogP contribution in [0.1, 0.15) is 18.5 Å². The van der Waals surface area contributed by atoms with Gasteiger partial charge in [0.2, 0.25) is 5.91 Å². The van der Waals surface area contributed by atoms with E-state index in [1.807, 2.05) is 55.5 Å². The minimum atomic E-state index is 0.0280. The Balaban J connectivity index is 1.34. The Labute approximate surface area is 162 Å². The van der Waals surface area contributed by atoms with Gasteiger partial charge >= 0.3 is 0 Å². The van der Waals surface area contributed by atoms with E-state index in [1.165, 1.54) is 11.5 Å². The summed E-state index contributed by atoms with van der Waals surface area (Å²) in [6.45, 7) is 3.53. The first-order valence-electron chi connectivity index (χ1n) is 9.07. The zero-order valence-corrected chi connectivity index (χ0v) is 15.9. The van der Waals surface area contributed by atoms with Crippen molar-refractivity contribution in [3.05, 3.63) is 54.2 Å². The third-order valence-corrected chi connectivity index (χ3v) is 5.58. The average Bonchev–Trinajstić information content (AvgIpc) is 3.13. The molecular weight excluding hydrogens is 358 g/mol. The lowest BCUT2D eigenvalue weighted by Gasteiger charge is -2.31. The van der Waals surface area contributed by atoms with Crippen molar-refractivity contribution >= 4 is 28.3 Å². The molecule has 1 aromatic carbocycles. The summed E-state index contributed by atoms with van der Waals surface area (Å²) in [5.41, 5.74) is 2.86. The van der Waals surface area contributed by atoms with E-state index in [0.717, 1.165) is 53.7 Å². The number of piperidine rings is 1. The summed E-state index contributed by atoms with van der Waals surface area (Å²) in [6, 6.07) is 15.9. The van der Waals surface area contributed by atoms with E-state index in [4.69, 9.17) is 0 Å². The Hall–Kier alpha value is -2.80. The van der Waals surface area contributed by atoms with E-state index in [0.29, 0.717) is 0 Å². The van der Waals surface area contributed by atoms with Crippen LogP contribution in [0.3, 0.4) is 0 Å². The summed E-state index contributed by atoms with van der Waals surface area (Å²) in [4.78, 5) is 14.6. The van der Waals surface area contributed by atoms with Gasteiger partial charge in [-0.2, -0.15) is 4.37 Å². The van der Waals surface area contributed by atoms with Crippen molar-refractivity contribution in [2.75, 3.05) is 23.3 Å². The number of hydrogen-bond donors (Lipinski definition) is 1. The minimum Gasteiger partial charge on any atom is -0.355 e. The molecule has 3 aromatic rings. The van der Waals surface area contributed by atoms with Gasteiger partial charge in [0.25, 0.3) is 0 Å². The molecule has 1 aliphatic rings. The Morgan fingerprint density at radius 1 is 1.11 bits per heavy atom. The lowest BCUT2D eigenvalue weighted by Crippen LogP contribution is -2.38. The standard InChI is InChI=1S/C20H21N5OS/c1-14-13-19(27-24-14)21-20(26)16-9-11-25(12-10-16)18-8-7-17(22-23-18)15-5-3-2-4-6-15/h2-8,13,16H,9-12H2,1H3,(H,21,26). The van der Waals surface area contributed by atoms with Crippen LogP contribution >= 0.6 is 11.5 Å². The van der Waals surface area contributed by atoms with Gasteiger partial charge in [-0.05, 0) is 49.5 Å². The predicted octanol–water partition coefficient (Wildman–Crippen LogP) is 3.76. The Morgan fingerprint density at radius 3 is 2.52 bits per heavy atom. The van der Waals surface area contributed by atoms with E-state index in [2.05, 4.69) is 24.8 Å². The molecule has 27 heavy (non-hydrogen) atoms. The van der Waals surface area contributed by atoms with Crippen LogP contribution in [0.4, 0.5) is 10.8 Å². The molecule has 138 valence electrons. The van der Waals surface area contributed by atoms with Crippen LogP contribution in [0, 0.1) is 12.8 Å². The lowest BCUT2D eigenvalue weighted by atomic mass is 9.96. The molecule has 2 aromatic heterocycles. The predicted molar refractivity (Wildman–Crippen MR) is 108 cm³/mol. The highest BCUT2D eigenvalue weighted by Gasteiger charge is 2.26. The van der Waals surface area contributed by atoms with Crippen molar-refractivity contribution in [2.24, 2.45) is 5.92 Å². The lowest BCUT2D eigenvalue weighted by molar-refractivity contribution is -0.120. The molecule has 0 radical (unpaired) electrons. The first-order valence-corrected chi connectivity index (χ1v) is 9.84. The molecule has 1 fully saturated rings. The number of rotatable bonds is 4. The normalized spacial score (nSPS) is 14.9. The Morgan fingerprint density at radius 2 is 1.89 bits per heavy atom. The number of anilines is 2. The van der Waals surface area contributed by atoms with Crippen LogP contribution < -0.4 is 10.2 Å². The highest BCUT2D eigenvalue weighted by atomic mass is 32.1. The SMILES string of the molecule is Cc1cc(NC(=O)C2CCN(c3ccc(-c4ccccc4)nn3)CC2)sn1. The summed E-state index contributed by atoms with van der Waals surface area (Å²) in [7, 11) is 0. The van der Waals surface area contributed by atoms with Crippen molar-refractivity contribution in [2.45, 2.75) is 19.8 Å². The third-order valence-electron chi connectivity index (χ3n) is 4.78. The number of carbonyl (C=O) groups excluding carboxylic acids is 1. The van der Waals surface area contributed by atoms with Crippen LogP contribution in [0.25, 0.3) is 11.3 Å². The van der Waals surface area contributed by atoms with E-state index in [9.17, 15) is 4.79 Å². The highest BCUT2D eigenvalue weighted by molar-refractivity contribution is 7.10. The number of aromatic nitrogens is 3. The van der Waals surface area contributed by atoms with Crippen LogP contribution in [-0.2, 0) is 4.79 Å². The monoisotopic (exact) mass is 379 g/mol. The maximum absolute atomic E-state index is 12.4. The van der Waals surface area contributed by atoms with E-state index in [-0.39, 0.29) is 11.8 Å². The molecule has 0 atom stereocenters. The fourth-order valence-corrected chi connectivity index (χ4v) is 3.94. The maximum Gasteiger partial charge on any atom is 0.228 e. The fraction of sp³-hybridized carbons (Fsp3) is 0.300. The summed E-state index contributed by atoms with van der Waals surface area (Å²) < 4.78 is 4.20.